The number of ether oxygens (including phenoxy) is 1. The molecule has 3 rings (SSSR count). The van der Waals surface area contributed by atoms with Crippen LogP contribution in [0.5, 0.6) is 0 Å². The first-order valence-corrected chi connectivity index (χ1v) is 9.13. The number of hydrogen-bond acceptors (Lipinski definition) is 4. The van der Waals surface area contributed by atoms with Gasteiger partial charge in [-0.05, 0) is 36.8 Å². The lowest BCUT2D eigenvalue weighted by Crippen LogP contribution is -2.30. The van der Waals surface area contributed by atoms with Gasteiger partial charge in [-0.1, -0.05) is 41.9 Å². The highest BCUT2D eigenvalue weighted by Gasteiger charge is 2.38. The Morgan fingerprint density at radius 3 is 2.48 bits per heavy atom. The summed E-state index contributed by atoms with van der Waals surface area (Å²) in [7, 11) is 0. The fourth-order valence-corrected chi connectivity index (χ4v) is 3.27. The van der Waals surface area contributed by atoms with Gasteiger partial charge in [0.2, 0.25) is 5.91 Å². The summed E-state index contributed by atoms with van der Waals surface area (Å²) in [4.78, 5) is 38.4. The van der Waals surface area contributed by atoms with Crippen LogP contribution in [0.25, 0.3) is 0 Å². The monoisotopic (exact) mass is 385 g/mol. The van der Waals surface area contributed by atoms with Gasteiger partial charge in [-0.15, -0.1) is 0 Å². The number of Topliss-reactive ketones (excluding diaryl/α,β-unsaturated/α-hetero) is 1. The second-order valence-corrected chi connectivity index (χ2v) is 7.01. The molecule has 1 heterocycles. The summed E-state index contributed by atoms with van der Waals surface area (Å²) in [5, 5.41) is 0.528. The van der Waals surface area contributed by atoms with Gasteiger partial charge in [0.1, 0.15) is 0 Å². The minimum absolute atomic E-state index is 0.0858. The number of amides is 1. The van der Waals surface area contributed by atoms with Crippen molar-refractivity contribution < 1.29 is 19.1 Å². The molecule has 140 valence electrons. The number of carbonyl (C=O) groups is 3. The van der Waals surface area contributed by atoms with E-state index < -0.39 is 11.9 Å². The molecule has 5 nitrogen and oxygen atoms in total. The fraction of sp³-hybridized carbons (Fsp3) is 0.286. The largest absolute Gasteiger partial charge is 0.457 e. The average molecular weight is 386 g/mol. The van der Waals surface area contributed by atoms with E-state index in [4.69, 9.17) is 16.3 Å². The smallest absolute Gasteiger partial charge is 0.311 e. The van der Waals surface area contributed by atoms with E-state index in [0.717, 1.165) is 5.56 Å². The Morgan fingerprint density at radius 1 is 1.15 bits per heavy atom. The first-order chi connectivity index (χ1) is 13.0. The van der Waals surface area contributed by atoms with Crippen molar-refractivity contribution in [1.29, 1.82) is 0 Å². The minimum Gasteiger partial charge on any atom is -0.457 e. The van der Waals surface area contributed by atoms with Gasteiger partial charge in [-0.2, -0.15) is 0 Å². The van der Waals surface area contributed by atoms with Crippen LogP contribution >= 0.6 is 11.6 Å². The highest BCUT2D eigenvalue weighted by Crippen LogP contribution is 2.29. The summed E-state index contributed by atoms with van der Waals surface area (Å²) >= 11 is 5.79. The molecular formula is C21H20ClNO4. The molecule has 0 bridgehead atoms. The van der Waals surface area contributed by atoms with Crippen LogP contribution in [0.15, 0.2) is 54.6 Å². The molecule has 1 fully saturated rings. The van der Waals surface area contributed by atoms with Crippen molar-refractivity contribution in [1.82, 2.24) is 4.90 Å². The topological polar surface area (TPSA) is 63.7 Å². The Balaban J connectivity index is 1.56. The van der Waals surface area contributed by atoms with Crippen molar-refractivity contribution in [3.05, 3.63) is 70.7 Å². The molecular weight excluding hydrogens is 366 g/mol. The van der Waals surface area contributed by atoms with Gasteiger partial charge in [0.05, 0.1) is 12.0 Å². The number of hydrogen-bond donors (Lipinski definition) is 0. The zero-order valence-electron chi connectivity index (χ0n) is 14.9. The van der Waals surface area contributed by atoms with E-state index in [1.165, 1.54) is 0 Å². The summed E-state index contributed by atoms with van der Waals surface area (Å²) in [6.45, 7) is 1.88. The molecule has 2 aromatic rings. The Morgan fingerprint density at radius 2 is 1.81 bits per heavy atom. The number of rotatable bonds is 6. The molecule has 0 radical (unpaired) electrons. The van der Waals surface area contributed by atoms with Crippen molar-refractivity contribution >= 4 is 29.3 Å². The minimum atomic E-state index is -0.554. The van der Waals surface area contributed by atoms with E-state index in [1.54, 1.807) is 29.2 Å². The maximum atomic E-state index is 12.3. The van der Waals surface area contributed by atoms with Crippen molar-refractivity contribution in [3.63, 3.8) is 0 Å². The molecule has 0 aromatic heterocycles. The van der Waals surface area contributed by atoms with Crippen molar-refractivity contribution in [2.45, 2.75) is 19.4 Å². The summed E-state index contributed by atoms with van der Waals surface area (Å²) in [6, 6.07) is 15.9. The first kappa shape index (κ1) is 19.1. The van der Waals surface area contributed by atoms with Crippen LogP contribution in [0.4, 0.5) is 0 Å². The van der Waals surface area contributed by atoms with Crippen molar-refractivity contribution in [3.8, 4) is 0 Å². The summed E-state index contributed by atoms with van der Waals surface area (Å²) in [5.74, 6) is -1.47. The molecule has 0 unspecified atom stereocenters. The third-order valence-electron chi connectivity index (χ3n) is 4.75. The second kappa shape index (κ2) is 8.35. The lowest BCUT2D eigenvalue weighted by atomic mass is 10.1. The van der Waals surface area contributed by atoms with E-state index in [2.05, 4.69) is 0 Å². The summed E-state index contributed by atoms with van der Waals surface area (Å²) in [6.07, 6.45) is 0.102. The van der Waals surface area contributed by atoms with E-state index in [-0.39, 0.29) is 30.8 Å². The number of carbonyl (C=O) groups excluding carboxylic acids is 3. The molecule has 0 spiro atoms. The van der Waals surface area contributed by atoms with Crippen LogP contribution in [-0.4, -0.2) is 35.7 Å². The van der Waals surface area contributed by atoms with Gasteiger partial charge in [-0.25, -0.2) is 0 Å². The average Bonchev–Trinajstić information content (AvgIpc) is 3.08. The van der Waals surface area contributed by atoms with Gasteiger partial charge in [-0.3, -0.25) is 14.4 Å². The number of likely N-dealkylation sites (tertiary alicyclic amines) is 1. The fourth-order valence-electron chi connectivity index (χ4n) is 3.15. The Hall–Kier alpha value is -2.66. The summed E-state index contributed by atoms with van der Waals surface area (Å²) < 4.78 is 5.15. The van der Waals surface area contributed by atoms with Gasteiger partial charge >= 0.3 is 5.97 Å². The predicted octanol–water partition coefficient (Wildman–Crippen LogP) is 3.68. The first-order valence-electron chi connectivity index (χ1n) is 8.75. The molecule has 27 heavy (non-hydrogen) atoms. The lowest BCUT2D eigenvalue weighted by Gasteiger charge is -2.25. The standard InChI is InChI=1S/C21H20ClNO4/c1-14(15-5-3-2-4-6-15)23-12-17(11-20(23)25)21(26)27-13-19(24)16-7-9-18(22)10-8-16/h2-10,14,17H,11-13H2,1H3/t14-,17+/m1/s1. The molecule has 1 aliphatic rings. The predicted molar refractivity (Wildman–Crippen MR) is 101 cm³/mol. The van der Waals surface area contributed by atoms with Gasteiger partial charge < -0.3 is 9.64 Å². The Bertz CT molecular complexity index is 835. The number of nitrogens with zero attached hydrogens (tertiary/aromatic N) is 1. The molecule has 1 saturated heterocycles. The number of halogens is 1. The quantitative estimate of drug-likeness (QED) is 0.562. The van der Waals surface area contributed by atoms with Crippen LogP contribution in [0.3, 0.4) is 0 Å². The molecule has 1 aliphatic heterocycles. The lowest BCUT2D eigenvalue weighted by molar-refractivity contribution is -0.147. The molecule has 0 aliphatic carbocycles. The Labute approximate surface area is 162 Å². The van der Waals surface area contributed by atoms with E-state index in [9.17, 15) is 14.4 Å². The number of ketones is 1. The second-order valence-electron chi connectivity index (χ2n) is 6.57. The zero-order chi connectivity index (χ0) is 19.4. The molecule has 0 N–H and O–H groups in total. The molecule has 0 saturated carbocycles. The number of benzene rings is 2. The van der Waals surface area contributed by atoms with Gasteiger partial charge in [0.25, 0.3) is 0 Å². The molecule has 6 heteroatoms. The van der Waals surface area contributed by atoms with Crippen LogP contribution in [0.1, 0.15) is 35.3 Å². The van der Waals surface area contributed by atoms with Crippen molar-refractivity contribution in [2.24, 2.45) is 5.92 Å². The SMILES string of the molecule is C[C@H](c1ccccc1)N1C[C@@H](C(=O)OCC(=O)c2ccc(Cl)cc2)CC1=O. The van der Waals surface area contributed by atoms with E-state index >= 15 is 0 Å². The maximum absolute atomic E-state index is 12.3. The van der Waals surface area contributed by atoms with Crippen LogP contribution in [0.2, 0.25) is 5.02 Å². The number of esters is 1. The van der Waals surface area contributed by atoms with Crippen LogP contribution in [-0.2, 0) is 14.3 Å². The van der Waals surface area contributed by atoms with Gasteiger partial charge in [0.15, 0.2) is 12.4 Å². The molecule has 2 aromatic carbocycles. The van der Waals surface area contributed by atoms with Gasteiger partial charge in [0, 0.05) is 23.6 Å². The highest BCUT2D eigenvalue weighted by atomic mass is 35.5. The van der Waals surface area contributed by atoms with Crippen LogP contribution < -0.4 is 0 Å². The van der Waals surface area contributed by atoms with Crippen LogP contribution in [0, 0.1) is 5.92 Å². The van der Waals surface area contributed by atoms with E-state index in [1.807, 2.05) is 37.3 Å². The van der Waals surface area contributed by atoms with E-state index in [0.29, 0.717) is 17.1 Å². The highest BCUT2D eigenvalue weighted by molar-refractivity contribution is 6.30. The molecule has 2 atom stereocenters. The third kappa shape index (κ3) is 4.55. The normalized spacial score (nSPS) is 17.6. The zero-order valence-corrected chi connectivity index (χ0v) is 15.7. The molecule has 1 amide bonds. The summed E-state index contributed by atoms with van der Waals surface area (Å²) in [5.41, 5.74) is 1.44. The maximum Gasteiger partial charge on any atom is 0.311 e. The Kier molecular flexibility index (Phi) is 5.91. The van der Waals surface area contributed by atoms with Crippen molar-refractivity contribution in [2.75, 3.05) is 13.2 Å². The third-order valence-corrected chi connectivity index (χ3v) is 5.00.